The van der Waals surface area contributed by atoms with Crippen molar-refractivity contribution < 1.29 is 24.2 Å². The number of urea groups is 1. The molecule has 10 heteroatoms. The van der Waals surface area contributed by atoms with E-state index in [4.69, 9.17) is 15.6 Å². The molecule has 0 aromatic heterocycles. The lowest BCUT2D eigenvalue weighted by molar-refractivity contribution is -0.130. The van der Waals surface area contributed by atoms with E-state index in [-0.39, 0.29) is 31.0 Å². The van der Waals surface area contributed by atoms with Crippen LogP contribution in [0.5, 0.6) is 5.75 Å². The minimum atomic E-state index is -1.11. The summed E-state index contributed by atoms with van der Waals surface area (Å²) in [5, 5.41) is 17.2. The van der Waals surface area contributed by atoms with Crippen molar-refractivity contribution in [3.63, 3.8) is 0 Å². The van der Waals surface area contributed by atoms with Crippen LogP contribution >= 0.6 is 0 Å². The maximum atomic E-state index is 13.8. The van der Waals surface area contributed by atoms with Gasteiger partial charge in [-0.05, 0) is 72.7 Å². The number of nitrogens with two attached hydrogens (primary N) is 1. The van der Waals surface area contributed by atoms with Crippen molar-refractivity contribution in [2.45, 2.75) is 51.4 Å². The highest BCUT2D eigenvalue weighted by Gasteiger charge is 2.34. The molecule has 3 aromatic rings. The third kappa shape index (κ3) is 7.45. The first-order valence-corrected chi connectivity index (χ1v) is 14.0. The number of fused-ring (bicyclic) bond motifs is 1. The molecule has 0 aliphatic carbocycles. The summed E-state index contributed by atoms with van der Waals surface area (Å²) in [7, 11) is 1.61. The van der Waals surface area contributed by atoms with Gasteiger partial charge in [-0.3, -0.25) is 9.59 Å². The normalized spacial score (nSPS) is 14.9. The number of rotatable bonds is 10. The van der Waals surface area contributed by atoms with E-state index in [0.29, 0.717) is 31.7 Å². The van der Waals surface area contributed by atoms with Crippen LogP contribution in [0.25, 0.3) is 11.1 Å². The Morgan fingerprint density at radius 3 is 2.50 bits per heavy atom. The Kier molecular flexibility index (Phi) is 9.82. The number of nitrogens with one attached hydrogen (secondary N) is 3. The molecule has 10 nitrogen and oxygen atoms in total. The van der Waals surface area contributed by atoms with Crippen molar-refractivity contribution in [3.05, 3.63) is 83.4 Å². The SMILES string of the molecule is COc1ccc2c(c1)CC[C@@H](NC(=O)C(C)(C)N)C(=O)N2Cc1ccc(-c2ccccc2CNC(=O)NCCO)cc1. The zero-order valence-electron chi connectivity index (χ0n) is 24.3. The highest BCUT2D eigenvalue weighted by molar-refractivity contribution is 6.01. The predicted molar refractivity (Wildman–Crippen MR) is 162 cm³/mol. The lowest BCUT2D eigenvalue weighted by atomic mass is 9.98. The number of amides is 4. The average Bonchev–Trinajstić information content (AvgIpc) is 3.11. The Morgan fingerprint density at radius 2 is 1.81 bits per heavy atom. The molecule has 0 fully saturated rings. The quantitative estimate of drug-likeness (QED) is 0.252. The number of carbonyl (C=O) groups is 3. The van der Waals surface area contributed by atoms with Gasteiger partial charge < -0.3 is 36.4 Å². The summed E-state index contributed by atoms with van der Waals surface area (Å²) < 4.78 is 5.42. The third-order valence-electron chi connectivity index (χ3n) is 7.19. The van der Waals surface area contributed by atoms with Gasteiger partial charge in [-0.15, -0.1) is 0 Å². The molecular weight excluding hydrogens is 534 g/mol. The summed E-state index contributed by atoms with van der Waals surface area (Å²) in [4.78, 5) is 40.2. The smallest absolute Gasteiger partial charge is 0.315 e. The van der Waals surface area contributed by atoms with Crippen LogP contribution in [0.15, 0.2) is 66.7 Å². The summed E-state index contributed by atoms with van der Waals surface area (Å²) in [6.07, 6.45) is 1.03. The van der Waals surface area contributed by atoms with E-state index in [0.717, 1.165) is 33.5 Å². The van der Waals surface area contributed by atoms with E-state index in [2.05, 4.69) is 16.0 Å². The monoisotopic (exact) mass is 573 g/mol. The van der Waals surface area contributed by atoms with Crippen molar-refractivity contribution in [2.24, 2.45) is 5.73 Å². The second-order valence-corrected chi connectivity index (χ2v) is 10.9. The lowest BCUT2D eigenvalue weighted by Gasteiger charge is -2.28. The van der Waals surface area contributed by atoms with Crippen molar-refractivity contribution in [3.8, 4) is 16.9 Å². The summed E-state index contributed by atoms with van der Waals surface area (Å²) >= 11 is 0. The molecule has 0 radical (unpaired) electrons. The van der Waals surface area contributed by atoms with Gasteiger partial charge in [-0.2, -0.15) is 0 Å². The molecule has 4 rings (SSSR count). The van der Waals surface area contributed by atoms with Crippen LogP contribution in [-0.4, -0.2) is 54.8 Å². The second-order valence-electron chi connectivity index (χ2n) is 10.9. The van der Waals surface area contributed by atoms with E-state index < -0.39 is 11.6 Å². The van der Waals surface area contributed by atoms with Crippen molar-refractivity contribution in [1.82, 2.24) is 16.0 Å². The summed E-state index contributed by atoms with van der Waals surface area (Å²) in [6, 6.07) is 20.3. The van der Waals surface area contributed by atoms with Crippen LogP contribution in [0.3, 0.4) is 0 Å². The van der Waals surface area contributed by atoms with E-state index in [9.17, 15) is 14.4 Å². The number of aryl methyl sites for hydroxylation is 1. The minimum Gasteiger partial charge on any atom is -0.497 e. The lowest BCUT2D eigenvalue weighted by Crippen LogP contribution is -2.56. The van der Waals surface area contributed by atoms with Crippen LogP contribution in [0.1, 0.15) is 37.0 Å². The number of aliphatic hydroxyl groups is 1. The van der Waals surface area contributed by atoms with Gasteiger partial charge in [-0.25, -0.2) is 4.79 Å². The summed E-state index contributed by atoms with van der Waals surface area (Å²) in [5.74, 6) is 0.124. The second kappa shape index (κ2) is 13.5. The molecule has 0 unspecified atom stereocenters. The van der Waals surface area contributed by atoms with Gasteiger partial charge in [0.15, 0.2) is 0 Å². The Morgan fingerprint density at radius 1 is 1.07 bits per heavy atom. The number of benzene rings is 3. The zero-order chi connectivity index (χ0) is 30.3. The summed E-state index contributed by atoms with van der Waals surface area (Å²) in [6.45, 7) is 3.92. The van der Waals surface area contributed by atoms with Crippen molar-refractivity contribution in [1.29, 1.82) is 0 Å². The standard InChI is InChI=1S/C32H39N5O5/c1-32(2,33)30(40)36-27-14-12-23-18-25(42-3)13-15-28(23)37(29(27)39)20-21-8-10-22(11-9-21)26-7-5-4-6-24(26)19-35-31(41)34-16-17-38/h4-11,13,15,18,27,38H,12,14,16-17,19-20,33H2,1-3H3,(H,36,40)(H2,34,35,41)/t27-/m1/s1. The number of anilines is 1. The van der Waals surface area contributed by atoms with Gasteiger partial charge in [0.25, 0.3) is 0 Å². The molecule has 0 spiro atoms. The number of hydrogen-bond acceptors (Lipinski definition) is 6. The Balaban J connectivity index is 1.57. The largest absolute Gasteiger partial charge is 0.497 e. The van der Waals surface area contributed by atoms with Crippen LogP contribution in [-0.2, 0) is 29.1 Å². The van der Waals surface area contributed by atoms with Crippen molar-refractivity contribution >= 4 is 23.5 Å². The summed E-state index contributed by atoms with van der Waals surface area (Å²) in [5.41, 5.74) is 10.4. The maximum Gasteiger partial charge on any atom is 0.315 e. The molecule has 42 heavy (non-hydrogen) atoms. The first-order chi connectivity index (χ1) is 20.1. The fourth-order valence-electron chi connectivity index (χ4n) is 4.86. The molecule has 0 saturated heterocycles. The van der Waals surface area contributed by atoms with E-state index in [1.54, 1.807) is 25.9 Å². The fourth-order valence-corrected chi connectivity index (χ4v) is 4.86. The molecule has 1 aliphatic rings. The average molecular weight is 574 g/mol. The first-order valence-electron chi connectivity index (χ1n) is 14.0. The Bertz CT molecular complexity index is 1420. The van der Waals surface area contributed by atoms with Crippen LogP contribution in [0, 0.1) is 0 Å². The molecule has 6 N–H and O–H groups in total. The van der Waals surface area contributed by atoms with Crippen LogP contribution in [0.2, 0.25) is 0 Å². The van der Waals surface area contributed by atoms with E-state index in [1.807, 2.05) is 66.7 Å². The topological polar surface area (TPSA) is 146 Å². The molecule has 1 atom stereocenters. The highest BCUT2D eigenvalue weighted by Crippen LogP contribution is 2.32. The van der Waals surface area contributed by atoms with Gasteiger partial charge in [0.05, 0.1) is 25.8 Å². The first kappa shape index (κ1) is 30.5. The molecule has 1 aliphatic heterocycles. The van der Waals surface area contributed by atoms with E-state index >= 15 is 0 Å². The van der Waals surface area contributed by atoms with Crippen molar-refractivity contribution in [2.75, 3.05) is 25.2 Å². The molecule has 222 valence electrons. The number of aliphatic hydroxyl groups excluding tert-OH is 1. The molecule has 4 amide bonds. The number of nitrogens with zero attached hydrogens (tertiary/aromatic N) is 1. The fraction of sp³-hybridized carbons (Fsp3) is 0.344. The third-order valence-corrected chi connectivity index (χ3v) is 7.19. The van der Waals surface area contributed by atoms with Gasteiger partial charge in [0.2, 0.25) is 11.8 Å². The number of hydrogen-bond donors (Lipinski definition) is 5. The van der Waals surface area contributed by atoms with Gasteiger partial charge in [0, 0.05) is 18.8 Å². The van der Waals surface area contributed by atoms with E-state index in [1.165, 1.54) is 0 Å². The maximum absolute atomic E-state index is 13.8. The number of ether oxygens (including phenoxy) is 1. The Hall–Kier alpha value is -4.41. The molecule has 0 bridgehead atoms. The predicted octanol–water partition coefficient (Wildman–Crippen LogP) is 2.86. The Labute approximate surface area is 246 Å². The van der Waals surface area contributed by atoms with Crippen LogP contribution < -0.4 is 31.3 Å². The molecule has 1 heterocycles. The molecular formula is C32H39N5O5. The molecule has 0 saturated carbocycles. The minimum absolute atomic E-state index is 0.125. The van der Waals surface area contributed by atoms with Gasteiger partial charge in [-0.1, -0.05) is 48.5 Å². The zero-order valence-corrected chi connectivity index (χ0v) is 24.3. The molecule has 3 aromatic carbocycles. The number of carbonyl (C=O) groups excluding carboxylic acids is 3. The van der Waals surface area contributed by atoms with Gasteiger partial charge >= 0.3 is 6.03 Å². The van der Waals surface area contributed by atoms with Gasteiger partial charge in [0.1, 0.15) is 11.8 Å². The number of methoxy groups -OCH3 is 1. The van der Waals surface area contributed by atoms with Crippen LogP contribution in [0.4, 0.5) is 10.5 Å². The highest BCUT2D eigenvalue weighted by atomic mass is 16.5.